The van der Waals surface area contributed by atoms with Gasteiger partial charge in [0.2, 0.25) is 10.0 Å². The standard InChI is InChI=1S/C19H31FN4O2S/c1-4-21-18(22-13-8-14-24(5-2)27(3,25)26)23-15-19(11-12-19)16-9-6-7-10-17(16)20/h6-7,9-10H,4-5,8,11-15H2,1-3H3,(H2,21,22,23). The lowest BCUT2D eigenvalue weighted by atomic mass is 9.95. The minimum Gasteiger partial charge on any atom is -0.357 e. The Kier molecular flexibility index (Phi) is 7.61. The number of nitrogens with one attached hydrogen (secondary N) is 2. The van der Waals surface area contributed by atoms with Crippen molar-refractivity contribution in [2.24, 2.45) is 4.99 Å². The minimum atomic E-state index is -3.16. The van der Waals surface area contributed by atoms with Crippen LogP contribution in [0.25, 0.3) is 0 Å². The van der Waals surface area contributed by atoms with E-state index in [0.717, 1.165) is 24.9 Å². The summed E-state index contributed by atoms with van der Waals surface area (Å²) in [6.07, 6.45) is 3.80. The third-order valence-electron chi connectivity index (χ3n) is 4.88. The average Bonchev–Trinajstić information content (AvgIpc) is 3.39. The Morgan fingerprint density at radius 3 is 2.52 bits per heavy atom. The third-order valence-corrected chi connectivity index (χ3v) is 6.26. The highest BCUT2D eigenvalue weighted by atomic mass is 32.2. The van der Waals surface area contributed by atoms with Crippen LogP contribution < -0.4 is 10.6 Å². The fourth-order valence-electron chi connectivity index (χ4n) is 3.15. The SMILES string of the molecule is CCNC(=NCC1(c2ccccc2F)CC1)NCCCN(CC)S(C)(=O)=O. The van der Waals surface area contributed by atoms with Crippen molar-refractivity contribution in [3.8, 4) is 0 Å². The number of hydrogen-bond acceptors (Lipinski definition) is 3. The normalized spacial score (nSPS) is 16.4. The van der Waals surface area contributed by atoms with E-state index in [4.69, 9.17) is 0 Å². The number of halogens is 1. The predicted octanol–water partition coefficient (Wildman–Crippen LogP) is 2.08. The molecule has 0 saturated heterocycles. The number of aliphatic imine (C=N–C) groups is 1. The van der Waals surface area contributed by atoms with Crippen molar-refractivity contribution >= 4 is 16.0 Å². The monoisotopic (exact) mass is 398 g/mol. The molecule has 0 spiro atoms. The Labute approximate surface area is 162 Å². The van der Waals surface area contributed by atoms with Gasteiger partial charge in [0.1, 0.15) is 5.82 Å². The van der Waals surface area contributed by atoms with Crippen LogP contribution >= 0.6 is 0 Å². The van der Waals surface area contributed by atoms with Gasteiger partial charge in [-0.25, -0.2) is 17.1 Å². The Morgan fingerprint density at radius 1 is 1.26 bits per heavy atom. The number of benzene rings is 1. The van der Waals surface area contributed by atoms with E-state index in [1.54, 1.807) is 6.07 Å². The summed E-state index contributed by atoms with van der Waals surface area (Å²) < 4.78 is 38.8. The van der Waals surface area contributed by atoms with Gasteiger partial charge in [-0.15, -0.1) is 0 Å². The molecule has 2 rings (SSSR count). The average molecular weight is 399 g/mol. The molecule has 1 aromatic rings. The molecule has 0 aromatic heterocycles. The van der Waals surface area contributed by atoms with E-state index < -0.39 is 10.0 Å². The summed E-state index contributed by atoms with van der Waals surface area (Å²) in [7, 11) is -3.16. The van der Waals surface area contributed by atoms with E-state index in [0.29, 0.717) is 38.6 Å². The summed E-state index contributed by atoms with van der Waals surface area (Å²) in [5.41, 5.74) is 0.555. The fourth-order valence-corrected chi connectivity index (χ4v) is 4.08. The van der Waals surface area contributed by atoms with Gasteiger partial charge in [0.05, 0.1) is 12.8 Å². The van der Waals surface area contributed by atoms with E-state index in [-0.39, 0.29) is 11.2 Å². The van der Waals surface area contributed by atoms with Gasteiger partial charge in [0.25, 0.3) is 0 Å². The van der Waals surface area contributed by atoms with Crippen molar-refractivity contribution in [3.63, 3.8) is 0 Å². The van der Waals surface area contributed by atoms with Gasteiger partial charge in [0, 0.05) is 31.6 Å². The molecule has 0 bridgehead atoms. The van der Waals surface area contributed by atoms with Gasteiger partial charge in [-0.1, -0.05) is 25.1 Å². The van der Waals surface area contributed by atoms with Crippen molar-refractivity contribution in [1.82, 2.24) is 14.9 Å². The molecule has 2 N–H and O–H groups in total. The maximum Gasteiger partial charge on any atom is 0.211 e. The quantitative estimate of drug-likeness (QED) is 0.360. The Balaban J connectivity index is 1.90. The molecule has 8 heteroatoms. The van der Waals surface area contributed by atoms with Gasteiger partial charge < -0.3 is 10.6 Å². The minimum absolute atomic E-state index is 0.163. The van der Waals surface area contributed by atoms with Crippen molar-refractivity contribution in [2.75, 3.05) is 39.0 Å². The first-order chi connectivity index (χ1) is 12.8. The molecule has 1 fully saturated rings. The molecular weight excluding hydrogens is 367 g/mol. The highest BCUT2D eigenvalue weighted by Crippen LogP contribution is 2.49. The molecule has 1 aliphatic rings. The van der Waals surface area contributed by atoms with Crippen LogP contribution in [0.15, 0.2) is 29.3 Å². The van der Waals surface area contributed by atoms with E-state index in [9.17, 15) is 12.8 Å². The lowest BCUT2D eigenvalue weighted by Gasteiger charge is -2.19. The summed E-state index contributed by atoms with van der Waals surface area (Å²) in [5.74, 6) is 0.520. The van der Waals surface area contributed by atoms with Crippen LogP contribution in [0.4, 0.5) is 4.39 Å². The van der Waals surface area contributed by atoms with Crippen molar-refractivity contribution in [1.29, 1.82) is 0 Å². The van der Waals surface area contributed by atoms with Gasteiger partial charge >= 0.3 is 0 Å². The maximum absolute atomic E-state index is 14.1. The molecule has 6 nitrogen and oxygen atoms in total. The number of nitrogens with zero attached hydrogens (tertiary/aromatic N) is 2. The zero-order valence-corrected chi connectivity index (χ0v) is 17.3. The summed E-state index contributed by atoms with van der Waals surface area (Å²) in [6.45, 7) is 6.64. The molecule has 0 atom stereocenters. The summed E-state index contributed by atoms with van der Waals surface area (Å²) >= 11 is 0. The molecule has 0 unspecified atom stereocenters. The van der Waals surface area contributed by atoms with Crippen LogP contribution in [0.1, 0.15) is 38.7 Å². The molecular formula is C19H31FN4O2S. The molecule has 27 heavy (non-hydrogen) atoms. The molecule has 1 saturated carbocycles. The maximum atomic E-state index is 14.1. The summed E-state index contributed by atoms with van der Waals surface area (Å²) in [4.78, 5) is 4.65. The summed E-state index contributed by atoms with van der Waals surface area (Å²) in [6, 6.07) is 6.93. The number of guanidine groups is 1. The van der Waals surface area contributed by atoms with E-state index in [1.165, 1.54) is 16.6 Å². The Bertz CT molecular complexity index is 748. The molecule has 1 aliphatic carbocycles. The molecule has 0 aliphatic heterocycles. The topological polar surface area (TPSA) is 73.8 Å². The van der Waals surface area contributed by atoms with Crippen molar-refractivity contribution in [2.45, 2.75) is 38.5 Å². The zero-order chi connectivity index (χ0) is 19.9. The van der Waals surface area contributed by atoms with Gasteiger partial charge in [-0.3, -0.25) is 4.99 Å². The second kappa shape index (κ2) is 9.50. The largest absolute Gasteiger partial charge is 0.357 e. The van der Waals surface area contributed by atoms with Gasteiger partial charge in [-0.2, -0.15) is 0 Å². The van der Waals surface area contributed by atoms with Gasteiger partial charge in [0.15, 0.2) is 5.96 Å². The lowest BCUT2D eigenvalue weighted by molar-refractivity contribution is 0.424. The van der Waals surface area contributed by atoms with Crippen LogP contribution in [0.5, 0.6) is 0 Å². The molecule has 0 radical (unpaired) electrons. The third kappa shape index (κ3) is 6.17. The van der Waals surface area contributed by atoms with Crippen molar-refractivity contribution in [3.05, 3.63) is 35.6 Å². The number of rotatable bonds is 10. The lowest BCUT2D eigenvalue weighted by Crippen LogP contribution is -2.40. The van der Waals surface area contributed by atoms with Crippen LogP contribution in [0.2, 0.25) is 0 Å². The molecule has 0 heterocycles. The predicted molar refractivity (Wildman–Crippen MR) is 108 cm³/mol. The number of sulfonamides is 1. The van der Waals surface area contributed by atoms with Gasteiger partial charge in [-0.05, 0) is 37.8 Å². The van der Waals surface area contributed by atoms with Crippen LogP contribution in [0, 0.1) is 5.82 Å². The van der Waals surface area contributed by atoms with E-state index >= 15 is 0 Å². The summed E-state index contributed by atoms with van der Waals surface area (Å²) in [5, 5.41) is 6.44. The smallest absolute Gasteiger partial charge is 0.211 e. The highest BCUT2D eigenvalue weighted by Gasteiger charge is 2.45. The fraction of sp³-hybridized carbons (Fsp3) is 0.632. The number of hydrogen-bond donors (Lipinski definition) is 2. The second-order valence-electron chi connectivity index (χ2n) is 6.99. The van der Waals surface area contributed by atoms with Crippen molar-refractivity contribution < 1.29 is 12.8 Å². The first-order valence-electron chi connectivity index (χ1n) is 9.54. The van der Waals surface area contributed by atoms with Crippen LogP contribution in [-0.2, 0) is 15.4 Å². The first kappa shape index (κ1) is 21.6. The molecule has 1 aromatic carbocycles. The zero-order valence-electron chi connectivity index (χ0n) is 16.5. The first-order valence-corrected chi connectivity index (χ1v) is 11.4. The second-order valence-corrected chi connectivity index (χ2v) is 8.97. The van der Waals surface area contributed by atoms with Crippen LogP contribution in [-0.4, -0.2) is 57.7 Å². The van der Waals surface area contributed by atoms with E-state index in [2.05, 4.69) is 15.6 Å². The Hall–Kier alpha value is -1.67. The van der Waals surface area contributed by atoms with Crippen LogP contribution in [0.3, 0.4) is 0 Å². The van der Waals surface area contributed by atoms with E-state index in [1.807, 2.05) is 26.0 Å². The molecule has 152 valence electrons. The highest BCUT2D eigenvalue weighted by molar-refractivity contribution is 7.88. The Morgan fingerprint density at radius 2 is 1.96 bits per heavy atom. The molecule has 0 amide bonds.